The number of halogens is 1. The van der Waals surface area contributed by atoms with Gasteiger partial charge in [0.2, 0.25) is 17.7 Å². The van der Waals surface area contributed by atoms with Gasteiger partial charge in [-0.1, -0.05) is 76.6 Å². The Hall–Kier alpha value is -3.64. The summed E-state index contributed by atoms with van der Waals surface area (Å²) in [6, 6.07) is 29.3. The van der Waals surface area contributed by atoms with Gasteiger partial charge in [-0.2, -0.15) is 4.98 Å². The number of nitrogens with zero attached hydrogens (tertiary/aromatic N) is 2. The first-order valence-corrected chi connectivity index (χ1v) is 11.9. The van der Waals surface area contributed by atoms with Crippen molar-refractivity contribution in [2.75, 3.05) is 4.90 Å². The smallest absolute Gasteiger partial charge is 0.242 e. The number of carbonyl (C=O) groups excluding carboxylic acids is 1. The summed E-state index contributed by atoms with van der Waals surface area (Å²) in [6.45, 7) is 2.64. The second-order valence-corrected chi connectivity index (χ2v) is 9.04. The van der Waals surface area contributed by atoms with Crippen LogP contribution in [-0.4, -0.2) is 10.9 Å². The van der Waals surface area contributed by atoms with E-state index in [0.29, 0.717) is 30.7 Å². The fraction of sp³-hybridized carbons (Fsp3) is 0.143. The van der Waals surface area contributed by atoms with Crippen LogP contribution in [-0.2, 0) is 18.0 Å². The molecule has 0 spiro atoms. The Morgan fingerprint density at radius 2 is 1.44 bits per heavy atom. The van der Waals surface area contributed by atoms with Crippen molar-refractivity contribution < 1.29 is 14.3 Å². The van der Waals surface area contributed by atoms with Crippen molar-refractivity contribution >= 4 is 33.2 Å². The highest BCUT2D eigenvalue weighted by Crippen LogP contribution is 2.45. The van der Waals surface area contributed by atoms with Gasteiger partial charge in [0, 0.05) is 10.5 Å². The zero-order valence-electron chi connectivity index (χ0n) is 18.6. The molecule has 0 fully saturated rings. The largest absolute Gasteiger partial charge is 0.473 e. The lowest BCUT2D eigenvalue weighted by Crippen LogP contribution is -2.23. The molecule has 0 saturated heterocycles. The van der Waals surface area contributed by atoms with Crippen LogP contribution in [0.5, 0.6) is 11.8 Å². The van der Waals surface area contributed by atoms with Crippen LogP contribution >= 0.6 is 15.9 Å². The number of hydrogen-bond donors (Lipinski definition) is 0. The number of hydrogen-bond acceptors (Lipinski definition) is 4. The van der Waals surface area contributed by atoms with E-state index in [1.54, 1.807) is 11.0 Å². The van der Waals surface area contributed by atoms with Gasteiger partial charge in [0.25, 0.3) is 0 Å². The summed E-state index contributed by atoms with van der Waals surface area (Å²) < 4.78 is 13.0. The van der Waals surface area contributed by atoms with E-state index in [-0.39, 0.29) is 11.8 Å². The van der Waals surface area contributed by atoms with Crippen LogP contribution in [0.25, 0.3) is 0 Å². The van der Waals surface area contributed by atoms with Crippen molar-refractivity contribution in [1.29, 1.82) is 0 Å². The molecule has 0 bridgehead atoms. The minimum atomic E-state index is -0.261. The molecule has 2 heterocycles. The SMILES string of the molecule is CC1C(=O)N(c2ccc(OCc3ccccc3)nc2OCc2ccccc2)c2ccc(Br)cc21. The van der Waals surface area contributed by atoms with Crippen molar-refractivity contribution in [3.63, 3.8) is 0 Å². The second-order valence-electron chi connectivity index (χ2n) is 8.12. The molecule has 34 heavy (non-hydrogen) atoms. The van der Waals surface area contributed by atoms with Crippen molar-refractivity contribution in [1.82, 2.24) is 4.98 Å². The number of ether oxygens (including phenoxy) is 2. The van der Waals surface area contributed by atoms with Crippen LogP contribution in [0.4, 0.5) is 11.4 Å². The third-order valence-electron chi connectivity index (χ3n) is 5.79. The molecule has 1 aliphatic heterocycles. The third kappa shape index (κ3) is 4.54. The average Bonchev–Trinajstić information content (AvgIpc) is 3.12. The number of pyridine rings is 1. The van der Waals surface area contributed by atoms with E-state index in [9.17, 15) is 4.79 Å². The lowest BCUT2D eigenvalue weighted by Gasteiger charge is -2.21. The van der Waals surface area contributed by atoms with Gasteiger partial charge in [-0.3, -0.25) is 9.69 Å². The van der Waals surface area contributed by atoms with Gasteiger partial charge in [-0.25, -0.2) is 0 Å². The van der Waals surface area contributed by atoms with Crippen molar-refractivity contribution in [2.45, 2.75) is 26.1 Å². The van der Waals surface area contributed by atoms with Crippen molar-refractivity contribution in [2.24, 2.45) is 0 Å². The number of anilines is 2. The lowest BCUT2D eigenvalue weighted by atomic mass is 10.0. The van der Waals surface area contributed by atoms with Crippen molar-refractivity contribution in [3.05, 3.63) is 112 Å². The number of aromatic nitrogens is 1. The fourth-order valence-electron chi connectivity index (χ4n) is 4.00. The molecule has 1 atom stereocenters. The van der Waals surface area contributed by atoms with Crippen LogP contribution in [0.1, 0.15) is 29.5 Å². The maximum atomic E-state index is 13.3. The summed E-state index contributed by atoms with van der Waals surface area (Å²) in [7, 11) is 0. The van der Waals surface area contributed by atoms with Crippen molar-refractivity contribution in [3.8, 4) is 11.8 Å². The van der Waals surface area contributed by atoms with Gasteiger partial charge < -0.3 is 9.47 Å². The molecule has 1 aliphatic rings. The Morgan fingerprint density at radius 3 is 2.12 bits per heavy atom. The zero-order valence-corrected chi connectivity index (χ0v) is 20.2. The molecule has 5 rings (SSSR count). The highest BCUT2D eigenvalue weighted by molar-refractivity contribution is 9.10. The first kappa shape index (κ1) is 22.2. The maximum absolute atomic E-state index is 13.3. The Labute approximate surface area is 207 Å². The quantitative estimate of drug-likeness (QED) is 0.272. The number of amides is 1. The molecular formula is C28H23BrN2O3. The van der Waals surface area contributed by atoms with Crippen LogP contribution in [0.2, 0.25) is 0 Å². The minimum Gasteiger partial charge on any atom is -0.473 e. The molecule has 6 heteroatoms. The molecule has 5 nitrogen and oxygen atoms in total. The van der Waals surface area contributed by atoms with Gasteiger partial charge in [0.1, 0.15) is 18.9 Å². The Balaban J connectivity index is 1.49. The first-order valence-electron chi connectivity index (χ1n) is 11.1. The topological polar surface area (TPSA) is 51.7 Å². The van der Waals surface area contributed by atoms with Crippen LogP contribution in [0, 0.1) is 0 Å². The van der Waals surface area contributed by atoms with E-state index in [2.05, 4.69) is 20.9 Å². The highest BCUT2D eigenvalue weighted by Gasteiger charge is 2.37. The standard InChI is InChI=1S/C28H23BrN2O3/c1-19-23-16-22(29)12-13-24(23)31(28(19)32)25-14-15-26(33-17-20-8-4-2-5-9-20)30-27(25)34-18-21-10-6-3-7-11-21/h2-16,19H,17-18H2,1H3. The van der Waals surface area contributed by atoms with E-state index < -0.39 is 0 Å². The molecule has 1 unspecified atom stereocenters. The van der Waals surface area contributed by atoms with Gasteiger partial charge in [0.05, 0.1) is 11.6 Å². The monoisotopic (exact) mass is 514 g/mol. The lowest BCUT2D eigenvalue weighted by molar-refractivity contribution is -0.118. The van der Waals surface area contributed by atoms with Gasteiger partial charge in [-0.15, -0.1) is 0 Å². The van der Waals surface area contributed by atoms with E-state index in [1.165, 1.54) is 0 Å². The van der Waals surface area contributed by atoms with Crippen LogP contribution < -0.4 is 14.4 Å². The number of benzene rings is 3. The minimum absolute atomic E-state index is 0.0163. The predicted octanol–water partition coefficient (Wildman–Crippen LogP) is 6.78. The molecule has 1 amide bonds. The Bertz CT molecular complexity index is 1310. The second kappa shape index (κ2) is 9.69. The van der Waals surface area contributed by atoms with Gasteiger partial charge >= 0.3 is 0 Å². The summed E-state index contributed by atoms with van der Waals surface area (Å²) in [5, 5.41) is 0. The molecule has 1 aromatic heterocycles. The summed E-state index contributed by atoms with van der Waals surface area (Å²) in [6.07, 6.45) is 0. The summed E-state index contributed by atoms with van der Waals surface area (Å²) >= 11 is 3.52. The Kier molecular flexibility index (Phi) is 6.32. The predicted molar refractivity (Wildman–Crippen MR) is 135 cm³/mol. The first-order chi connectivity index (χ1) is 16.6. The molecule has 4 aromatic rings. The van der Waals surface area contributed by atoms with E-state index >= 15 is 0 Å². The normalized spacial score (nSPS) is 14.7. The molecule has 0 saturated carbocycles. The van der Waals surface area contributed by atoms with E-state index in [1.807, 2.05) is 91.9 Å². The Morgan fingerprint density at radius 1 is 0.824 bits per heavy atom. The third-order valence-corrected chi connectivity index (χ3v) is 6.28. The molecule has 0 aliphatic carbocycles. The van der Waals surface area contributed by atoms with E-state index in [4.69, 9.17) is 9.47 Å². The molecular weight excluding hydrogens is 492 g/mol. The molecule has 0 radical (unpaired) electrons. The van der Waals surface area contributed by atoms with Crippen LogP contribution in [0.3, 0.4) is 0 Å². The summed E-state index contributed by atoms with van der Waals surface area (Å²) in [5.74, 6) is 0.512. The summed E-state index contributed by atoms with van der Waals surface area (Å²) in [4.78, 5) is 19.6. The maximum Gasteiger partial charge on any atom is 0.242 e. The average molecular weight is 515 g/mol. The molecule has 170 valence electrons. The molecule has 0 N–H and O–H groups in total. The molecule has 3 aromatic carbocycles. The van der Waals surface area contributed by atoms with Crippen LogP contribution in [0.15, 0.2) is 95.5 Å². The number of rotatable bonds is 7. The van der Waals surface area contributed by atoms with Gasteiger partial charge in [0.15, 0.2) is 0 Å². The summed E-state index contributed by atoms with van der Waals surface area (Å²) in [5.41, 5.74) is 4.46. The fourth-order valence-corrected chi connectivity index (χ4v) is 4.38. The number of fused-ring (bicyclic) bond motifs is 1. The van der Waals surface area contributed by atoms with Gasteiger partial charge in [-0.05, 0) is 47.9 Å². The highest BCUT2D eigenvalue weighted by atomic mass is 79.9. The zero-order chi connectivity index (χ0) is 23.5. The van der Waals surface area contributed by atoms with E-state index in [0.717, 1.165) is 26.9 Å². The number of carbonyl (C=O) groups is 1.